The molecule has 11 nitrogen and oxygen atoms in total. The third kappa shape index (κ3) is 4.17. The molecule has 2 aliphatic carbocycles. The van der Waals surface area contributed by atoms with E-state index in [0.29, 0.717) is 5.56 Å². The van der Waals surface area contributed by atoms with Crippen molar-refractivity contribution in [2.45, 2.75) is 27.4 Å². The van der Waals surface area contributed by atoms with Gasteiger partial charge < -0.3 is 14.4 Å². The maximum absolute atomic E-state index is 13.7. The molecule has 2 aromatic rings. The van der Waals surface area contributed by atoms with Gasteiger partial charge in [-0.1, -0.05) is 46.4 Å². The average Bonchev–Trinajstić information content (AvgIpc) is 3.57. The number of nitrogens with zero attached hydrogens (tertiary/aromatic N) is 3. The number of methoxy groups -OCH3 is 1. The van der Waals surface area contributed by atoms with Crippen molar-refractivity contribution in [1.29, 1.82) is 0 Å². The standard InChI is InChI=1S/C28H19Cl6N3O8/c1-11-7-14(45-25(41)12-8-18(38)35(10-12)16-5-3-13(37(42)43)9-17(16)44-2)4-6-15(11)36-23(39)19-20(24(36)40)27(32)22(30)21(29)26(19,31)28(27,33)34/h3-7,9,12,19-20H,8,10H2,1-2H3/t12-,19+,20+,26-,27-/m1/s1. The number of anilines is 2. The maximum atomic E-state index is 13.7. The molecule has 0 N–H and O–H groups in total. The minimum Gasteiger partial charge on any atom is -0.494 e. The fourth-order valence-corrected chi connectivity index (χ4v) is 9.40. The molecule has 6 rings (SSSR count). The number of esters is 1. The van der Waals surface area contributed by atoms with Crippen LogP contribution in [0.4, 0.5) is 17.1 Å². The summed E-state index contributed by atoms with van der Waals surface area (Å²) in [6, 6.07) is 8.04. The van der Waals surface area contributed by atoms with Gasteiger partial charge in [0.2, 0.25) is 17.7 Å². The summed E-state index contributed by atoms with van der Waals surface area (Å²) in [5.41, 5.74) is 0.616. The summed E-state index contributed by atoms with van der Waals surface area (Å²) in [6.45, 7) is 1.54. The molecule has 2 bridgehead atoms. The normalized spacial score (nSPS) is 30.0. The summed E-state index contributed by atoms with van der Waals surface area (Å²) in [7, 11) is 1.31. The van der Waals surface area contributed by atoms with E-state index in [1.165, 1.54) is 48.4 Å². The predicted octanol–water partition coefficient (Wildman–Crippen LogP) is 5.82. The van der Waals surface area contributed by atoms with Gasteiger partial charge in [-0.2, -0.15) is 0 Å². The molecule has 2 heterocycles. The first-order chi connectivity index (χ1) is 21.0. The number of ether oxygens (including phenoxy) is 2. The van der Waals surface area contributed by atoms with E-state index in [2.05, 4.69) is 0 Å². The van der Waals surface area contributed by atoms with Gasteiger partial charge in [0.15, 0.2) is 4.33 Å². The van der Waals surface area contributed by atoms with Crippen molar-refractivity contribution in [3.63, 3.8) is 0 Å². The summed E-state index contributed by atoms with van der Waals surface area (Å²) in [5.74, 6) is -5.83. The second-order valence-corrected chi connectivity index (χ2v) is 14.3. The van der Waals surface area contributed by atoms with Gasteiger partial charge in [-0.25, -0.2) is 4.90 Å². The van der Waals surface area contributed by atoms with E-state index in [1.807, 2.05) is 0 Å². The molecular weight excluding hydrogens is 719 g/mol. The number of alkyl halides is 4. The number of nitro benzene ring substituents is 1. The van der Waals surface area contributed by atoms with Crippen LogP contribution in [0.15, 0.2) is 46.5 Å². The van der Waals surface area contributed by atoms with E-state index >= 15 is 0 Å². The first-order valence-corrected chi connectivity index (χ1v) is 15.4. The molecular formula is C28H19Cl6N3O8. The lowest BCUT2D eigenvalue weighted by Gasteiger charge is -2.34. The monoisotopic (exact) mass is 735 g/mol. The van der Waals surface area contributed by atoms with Crippen molar-refractivity contribution in [2.24, 2.45) is 17.8 Å². The molecule has 1 saturated carbocycles. The molecule has 3 fully saturated rings. The number of halogens is 6. The van der Waals surface area contributed by atoms with Crippen LogP contribution in [-0.4, -0.2) is 56.4 Å². The summed E-state index contributed by atoms with van der Waals surface area (Å²) in [5, 5.41) is 10.7. The molecule has 2 saturated heterocycles. The molecule has 236 valence electrons. The van der Waals surface area contributed by atoms with E-state index < -0.39 is 60.4 Å². The number of allylic oxidation sites excluding steroid dienone is 2. The average molecular weight is 738 g/mol. The molecule has 2 aliphatic heterocycles. The smallest absolute Gasteiger partial charge is 0.316 e. The van der Waals surface area contributed by atoms with Gasteiger partial charge in [0.05, 0.1) is 57.3 Å². The van der Waals surface area contributed by atoms with Crippen molar-refractivity contribution < 1.29 is 33.6 Å². The zero-order chi connectivity index (χ0) is 33.0. The highest BCUT2D eigenvalue weighted by Crippen LogP contribution is 2.77. The number of aryl methyl sites for hydroxylation is 1. The van der Waals surface area contributed by atoms with Gasteiger partial charge in [0, 0.05) is 19.0 Å². The van der Waals surface area contributed by atoms with Crippen LogP contribution < -0.4 is 19.3 Å². The number of carbonyl (C=O) groups is 4. The van der Waals surface area contributed by atoms with Crippen molar-refractivity contribution >= 4 is 110 Å². The van der Waals surface area contributed by atoms with Crippen LogP contribution in [0, 0.1) is 34.8 Å². The highest BCUT2D eigenvalue weighted by Gasteiger charge is 2.87. The molecule has 0 radical (unpaired) electrons. The zero-order valence-corrected chi connectivity index (χ0v) is 27.5. The molecule has 4 aliphatic rings. The van der Waals surface area contributed by atoms with Crippen LogP contribution in [0.3, 0.4) is 0 Å². The first-order valence-electron chi connectivity index (χ1n) is 13.2. The molecule has 0 aromatic heterocycles. The minimum absolute atomic E-state index is 0.0510. The van der Waals surface area contributed by atoms with Gasteiger partial charge in [0.1, 0.15) is 21.2 Å². The Balaban J connectivity index is 1.20. The van der Waals surface area contributed by atoms with Gasteiger partial charge >= 0.3 is 5.97 Å². The molecule has 2 aromatic carbocycles. The molecule has 5 atom stereocenters. The number of amides is 3. The zero-order valence-electron chi connectivity index (χ0n) is 23.0. The highest BCUT2D eigenvalue weighted by molar-refractivity contribution is 6.67. The summed E-state index contributed by atoms with van der Waals surface area (Å²) in [4.78, 5) is 62.1. The van der Waals surface area contributed by atoms with E-state index in [4.69, 9.17) is 79.1 Å². The summed E-state index contributed by atoms with van der Waals surface area (Å²) in [6.07, 6.45) is -0.169. The highest BCUT2D eigenvalue weighted by atomic mass is 35.5. The van der Waals surface area contributed by atoms with Gasteiger partial charge in [0.25, 0.3) is 5.69 Å². The van der Waals surface area contributed by atoms with Gasteiger partial charge in [-0.3, -0.25) is 29.3 Å². The largest absolute Gasteiger partial charge is 0.494 e. The van der Waals surface area contributed by atoms with Crippen LogP contribution in [-0.2, 0) is 19.2 Å². The van der Waals surface area contributed by atoms with E-state index in [9.17, 15) is 29.3 Å². The summed E-state index contributed by atoms with van der Waals surface area (Å²) < 4.78 is 8.72. The fraction of sp³-hybridized carbons (Fsp3) is 0.357. The number of rotatable bonds is 6. The number of carbonyl (C=O) groups excluding carboxylic acids is 4. The number of hydrogen-bond donors (Lipinski definition) is 0. The number of fused-ring (bicyclic) bond motifs is 5. The van der Waals surface area contributed by atoms with Crippen LogP contribution in [0.1, 0.15) is 12.0 Å². The SMILES string of the molecule is COc1cc([N+](=O)[O-])ccc1N1C[C@H](C(=O)Oc2ccc(N3C(=O)[C@@H]4[C@@H](C3=O)[C@@]3(Cl)C(Cl)=C(Cl)[C@@]4(Cl)C3(Cl)Cl)c(C)c2)CC1=O. The second-order valence-electron chi connectivity index (χ2n) is 11.0. The number of hydrogen-bond acceptors (Lipinski definition) is 8. The number of non-ortho nitro benzene ring substituents is 1. The van der Waals surface area contributed by atoms with Crippen LogP contribution in [0.5, 0.6) is 11.5 Å². The van der Waals surface area contributed by atoms with Crippen molar-refractivity contribution in [1.82, 2.24) is 0 Å². The fourth-order valence-electron chi connectivity index (χ4n) is 6.48. The van der Waals surface area contributed by atoms with Crippen molar-refractivity contribution in [3.05, 3.63) is 62.1 Å². The lowest BCUT2D eigenvalue weighted by atomic mass is 9.84. The Bertz CT molecular complexity index is 1740. The molecule has 45 heavy (non-hydrogen) atoms. The van der Waals surface area contributed by atoms with Crippen LogP contribution in [0.2, 0.25) is 0 Å². The second kappa shape index (κ2) is 10.6. The Labute approximate surface area is 284 Å². The number of nitro groups is 1. The Morgan fingerprint density at radius 1 is 0.956 bits per heavy atom. The minimum atomic E-state index is -2.06. The molecule has 17 heteroatoms. The van der Waals surface area contributed by atoms with E-state index in [1.54, 1.807) is 6.92 Å². The van der Waals surface area contributed by atoms with Crippen molar-refractivity contribution in [3.8, 4) is 11.5 Å². The summed E-state index contributed by atoms with van der Waals surface area (Å²) >= 11 is 39.4. The lowest BCUT2D eigenvalue weighted by Crippen LogP contribution is -2.50. The number of imide groups is 1. The maximum Gasteiger partial charge on any atom is 0.316 e. The Morgan fingerprint density at radius 2 is 1.53 bits per heavy atom. The molecule has 0 spiro atoms. The van der Waals surface area contributed by atoms with Crippen LogP contribution in [0.25, 0.3) is 0 Å². The predicted molar refractivity (Wildman–Crippen MR) is 167 cm³/mol. The molecule has 0 unspecified atom stereocenters. The lowest BCUT2D eigenvalue weighted by molar-refractivity contribution is -0.384. The third-order valence-electron chi connectivity index (χ3n) is 8.66. The Morgan fingerprint density at radius 3 is 2.07 bits per heavy atom. The number of benzene rings is 2. The Kier molecular flexibility index (Phi) is 7.58. The van der Waals surface area contributed by atoms with Gasteiger partial charge in [-0.05, 0) is 36.8 Å². The Hall–Kier alpha value is -2.80. The quantitative estimate of drug-likeness (QED) is 0.0904. The van der Waals surface area contributed by atoms with Crippen LogP contribution >= 0.6 is 69.6 Å². The molecule has 3 amide bonds. The van der Waals surface area contributed by atoms with E-state index in [0.717, 1.165) is 4.90 Å². The van der Waals surface area contributed by atoms with E-state index in [-0.39, 0.29) is 51.6 Å². The van der Waals surface area contributed by atoms with Gasteiger partial charge in [-0.15, -0.1) is 23.2 Å². The first kappa shape index (κ1) is 32.2. The topological polar surface area (TPSA) is 136 Å². The van der Waals surface area contributed by atoms with Crippen molar-refractivity contribution in [2.75, 3.05) is 23.5 Å². The third-order valence-corrected chi connectivity index (χ3v) is 12.9.